The number of aryl methyl sites for hydroxylation is 1. The number of carbonyl (C=O) groups is 1. The smallest absolute Gasteiger partial charge is 0.471 e. The largest absolute Gasteiger partial charge is 0.497 e. The molecule has 16 heteroatoms. The predicted octanol–water partition coefficient (Wildman–Crippen LogP) is 5.78. The summed E-state index contributed by atoms with van der Waals surface area (Å²) in [5, 5.41) is 4.07. The monoisotopic (exact) mass is 808 g/mol. The van der Waals surface area contributed by atoms with Gasteiger partial charge in [-0.15, -0.1) is 0 Å². The number of hydrogen-bond donors (Lipinski definition) is 0. The summed E-state index contributed by atoms with van der Waals surface area (Å²) in [6, 6.07) is 31.5. The number of amides is 1. The molecule has 2 aliphatic heterocycles. The lowest BCUT2D eigenvalue weighted by atomic mass is 9.79. The third kappa shape index (κ3) is 7.23. The van der Waals surface area contributed by atoms with Crippen molar-refractivity contribution in [1.82, 2.24) is 29.2 Å². The molecule has 2 aromatic heterocycles. The zero-order chi connectivity index (χ0) is 41.4. The number of carbonyl (C=O) groups excluding carboxylic acids is 1. The molecule has 0 aliphatic carbocycles. The number of aromatic nitrogens is 5. The molecule has 0 spiro atoms. The first-order valence-corrected chi connectivity index (χ1v) is 18.6. The molecule has 13 nitrogen and oxygen atoms in total. The van der Waals surface area contributed by atoms with Crippen LogP contribution in [0.1, 0.15) is 34.0 Å². The molecule has 8 rings (SSSR count). The summed E-state index contributed by atoms with van der Waals surface area (Å²) < 4.78 is 77.6. The molecule has 0 radical (unpaired) electrons. The number of alkyl halides is 3. The number of nitrogens with zero attached hydrogens (tertiary/aromatic N) is 6. The predicted molar refractivity (Wildman–Crippen MR) is 206 cm³/mol. The molecule has 0 N–H and O–H groups in total. The first kappa shape index (κ1) is 39.5. The number of methoxy groups -OCH3 is 2. The lowest BCUT2D eigenvalue weighted by Gasteiger charge is -2.41. The number of hydrogen-bond acceptors (Lipinski definition) is 10. The molecular formula is C43H39F3N6O7. The Hall–Kier alpha value is -6.36. The van der Waals surface area contributed by atoms with Gasteiger partial charge in [0, 0.05) is 11.8 Å². The highest BCUT2D eigenvalue weighted by atomic mass is 19.4. The van der Waals surface area contributed by atoms with Gasteiger partial charge in [-0.2, -0.15) is 23.3 Å². The van der Waals surface area contributed by atoms with Crippen molar-refractivity contribution in [3.63, 3.8) is 0 Å². The molecular weight excluding hydrogens is 770 g/mol. The van der Waals surface area contributed by atoms with Crippen molar-refractivity contribution >= 4 is 5.91 Å². The number of benzene rings is 4. The van der Waals surface area contributed by atoms with E-state index in [1.165, 1.54) is 23.5 Å². The number of halogens is 3. The zero-order valence-corrected chi connectivity index (χ0v) is 32.2. The SMILES string of the molecule is COc1ccc(C(OC[C@@]23CN(C(=O)C(F)(F)F)[C@@H]([C@H](n4cc(C)c(-n5cncn5)nc4=O)O2)[C@@H]3OCc2ccccc2)(c2ccccc2)c2ccc(OC)cc2)cc1. The van der Waals surface area contributed by atoms with Crippen molar-refractivity contribution in [1.29, 1.82) is 0 Å². The van der Waals surface area contributed by atoms with Crippen molar-refractivity contribution in [2.75, 3.05) is 27.4 Å². The van der Waals surface area contributed by atoms with E-state index in [9.17, 15) is 22.8 Å². The van der Waals surface area contributed by atoms with Gasteiger partial charge in [-0.05, 0) is 53.4 Å². The number of ether oxygens (including phenoxy) is 5. The van der Waals surface area contributed by atoms with Crippen molar-refractivity contribution in [2.45, 2.75) is 49.3 Å². The van der Waals surface area contributed by atoms with Gasteiger partial charge in [0.15, 0.2) is 12.0 Å². The Kier molecular flexibility index (Phi) is 10.5. The summed E-state index contributed by atoms with van der Waals surface area (Å²) in [6.07, 6.45) is -3.92. The van der Waals surface area contributed by atoms with E-state index in [0.29, 0.717) is 38.7 Å². The summed E-state index contributed by atoms with van der Waals surface area (Å²) in [5.41, 5.74) is -0.898. The van der Waals surface area contributed by atoms with E-state index in [1.54, 1.807) is 45.4 Å². The Morgan fingerprint density at radius 1 is 0.864 bits per heavy atom. The summed E-state index contributed by atoms with van der Waals surface area (Å²) >= 11 is 0. The molecule has 2 bridgehead atoms. The second kappa shape index (κ2) is 15.8. The van der Waals surface area contributed by atoms with Crippen LogP contribution in [0.5, 0.6) is 11.5 Å². The Labute approximate surface area is 336 Å². The maximum absolute atomic E-state index is 14.6. The van der Waals surface area contributed by atoms with E-state index in [4.69, 9.17) is 23.7 Å². The van der Waals surface area contributed by atoms with Crippen LogP contribution in [-0.2, 0) is 31.2 Å². The highest BCUT2D eigenvalue weighted by Crippen LogP contribution is 2.51. The van der Waals surface area contributed by atoms with Gasteiger partial charge in [0.25, 0.3) is 0 Å². The van der Waals surface area contributed by atoms with E-state index in [-0.39, 0.29) is 12.4 Å². The lowest BCUT2D eigenvalue weighted by molar-refractivity contribution is -0.208. The van der Waals surface area contributed by atoms with E-state index in [2.05, 4.69) is 15.1 Å². The summed E-state index contributed by atoms with van der Waals surface area (Å²) in [4.78, 5) is 36.1. The summed E-state index contributed by atoms with van der Waals surface area (Å²) in [7, 11) is 3.11. The normalized spacial score (nSPS) is 20.2. The lowest BCUT2D eigenvalue weighted by Crippen LogP contribution is -2.55. The summed E-state index contributed by atoms with van der Waals surface area (Å²) in [5.74, 6) is -0.770. The minimum absolute atomic E-state index is 0.0495. The molecule has 59 heavy (non-hydrogen) atoms. The first-order valence-electron chi connectivity index (χ1n) is 18.6. The van der Waals surface area contributed by atoms with Gasteiger partial charge in [-0.25, -0.2) is 14.5 Å². The topological polar surface area (TPSA) is 132 Å². The average Bonchev–Trinajstić information content (AvgIpc) is 3.98. The number of likely N-dealkylation sites (tertiary alicyclic amines) is 1. The maximum Gasteiger partial charge on any atom is 0.471 e. The quantitative estimate of drug-likeness (QED) is 0.132. The molecule has 4 aromatic carbocycles. The van der Waals surface area contributed by atoms with Gasteiger partial charge in [0.2, 0.25) is 0 Å². The second-order valence-corrected chi connectivity index (χ2v) is 14.3. The Balaban J connectivity index is 1.29. The number of morpholine rings is 1. The molecule has 304 valence electrons. The fourth-order valence-electron chi connectivity index (χ4n) is 8.03. The van der Waals surface area contributed by atoms with Gasteiger partial charge in [0.1, 0.15) is 47.5 Å². The van der Waals surface area contributed by atoms with Crippen molar-refractivity contribution in [3.8, 4) is 17.3 Å². The number of rotatable bonds is 13. The highest BCUT2D eigenvalue weighted by Gasteiger charge is 2.69. The third-order valence-electron chi connectivity index (χ3n) is 10.8. The minimum Gasteiger partial charge on any atom is -0.497 e. The van der Waals surface area contributed by atoms with E-state index >= 15 is 0 Å². The molecule has 4 atom stereocenters. The molecule has 2 fully saturated rings. The highest BCUT2D eigenvalue weighted by molar-refractivity contribution is 5.83. The van der Waals surface area contributed by atoms with Gasteiger partial charge in [-0.1, -0.05) is 84.9 Å². The van der Waals surface area contributed by atoms with E-state index in [0.717, 1.165) is 10.1 Å². The van der Waals surface area contributed by atoms with Gasteiger partial charge in [-0.3, -0.25) is 9.36 Å². The molecule has 2 aliphatic rings. The van der Waals surface area contributed by atoms with Crippen LogP contribution < -0.4 is 15.2 Å². The van der Waals surface area contributed by atoms with Gasteiger partial charge < -0.3 is 28.6 Å². The van der Waals surface area contributed by atoms with E-state index in [1.807, 2.05) is 84.9 Å². The fraction of sp³-hybridized carbons (Fsp3) is 0.279. The van der Waals surface area contributed by atoms with Crippen molar-refractivity contribution < 1.29 is 41.7 Å². The van der Waals surface area contributed by atoms with E-state index < -0.39 is 60.5 Å². The summed E-state index contributed by atoms with van der Waals surface area (Å²) in [6.45, 7) is 0.630. The second-order valence-electron chi connectivity index (χ2n) is 14.3. The molecule has 6 aromatic rings. The first-order chi connectivity index (χ1) is 28.5. The Bertz CT molecular complexity index is 2400. The molecule has 1 amide bonds. The fourth-order valence-corrected chi connectivity index (χ4v) is 8.03. The van der Waals surface area contributed by atoms with Crippen LogP contribution >= 0.6 is 0 Å². The zero-order valence-electron chi connectivity index (χ0n) is 32.2. The van der Waals surface area contributed by atoms with Crippen LogP contribution in [0.15, 0.2) is 133 Å². The standard InChI is InChI=1S/C43H39F3N6O7/c1-28-22-50(40(54)49-37(28)52-27-47-26-48-52)38-35-36(57-23-29-10-6-4-7-11-29)41(59-38,24-51(35)39(53)43(44,45)46)25-58-42(30-12-8-5-9-13-30,31-14-18-33(55-2)19-15-31)32-16-20-34(56-3)21-17-32/h4-22,26-27,35-36,38H,23-25H2,1-3H3/t35-,36+,38-,41-/m1/s1. The van der Waals surface area contributed by atoms with Gasteiger partial charge >= 0.3 is 17.8 Å². The molecule has 0 saturated carbocycles. The van der Waals surface area contributed by atoms with Crippen LogP contribution in [0.2, 0.25) is 0 Å². The van der Waals surface area contributed by atoms with Crippen LogP contribution in [-0.4, -0.2) is 86.4 Å². The third-order valence-corrected chi connectivity index (χ3v) is 10.8. The van der Waals surface area contributed by atoms with Crippen LogP contribution in [0.4, 0.5) is 13.2 Å². The van der Waals surface area contributed by atoms with Crippen molar-refractivity contribution in [3.05, 3.63) is 166 Å². The van der Waals surface area contributed by atoms with Crippen LogP contribution in [0, 0.1) is 6.92 Å². The van der Waals surface area contributed by atoms with Crippen LogP contribution in [0.3, 0.4) is 0 Å². The number of fused-ring (bicyclic) bond motifs is 2. The maximum atomic E-state index is 14.6. The molecule has 2 saturated heterocycles. The molecule has 4 heterocycles. The van der Waals surface area contributed by atoms with Gasteiger partial charge in [0.05, 0.1) is 34.0 Å². The Morgan fingerprint density at radius 3 is 2.02 bits per heavy atom. The van der Waals surface area contributed by atoms with Crippen LogP contribution in [0.25, 0.3) is 5.82 Å². The minimum atomic E-state index is -5.27. The molecule has 0 unspecified atom stereocenters. The Morgan fingerprint density at radius 2 is 1.46 bits per heavy atom. The van der Waals surface area contributed by atoms with Crippen molar-refractivity contribution in [2.24, 2.45) is 0 Å². The average molecular weight is 809 g/mol.